The SMILES string of the molecule is CCCCCCCCCCCC(=O)OC1CCCC1.CCCCCCCCCCCC(=O)OC1CCCC1.Cl.Cl. The predicted octanol–water partition coefficient (Wildman–Crippen LogP) is 11.6. The molecule has 0 unspecified atom stereocenters. The molecule has 2 saturated carbocycles. The first kappa shape index (κ1) is 41.7. The smallest absolute Gasteiger partial charge is 0.306 e. The van der Waals surface area contributed by atoms with Crippen LogP contribution in [-0.2, 0) is 19.1 Å². The number of carbonyl (C=O) groups excluding carboxylic acids is 2. The first-order valence-corrected chi connectivity index (χ1v) is 17.0. The van der Waals surface area contributed by atoms with Gasteiger partial charge in [0.2, 0.25) is 0 Å². The van der Waals surface area contributed by atoms with E-state index in [4.69, 9.17) is 9.47 Å². The molecule has 0 atom stereocenters. The zero-order chi connectivity index (χ0) is 27.5. The predicted molar refractivity (Wildman–Crippen MR) is 175 cm³/mol. The average Bonchev–Trinajstić information content (AvgIpc) is 3.62. The van der Waals surface area contributed by atoms with Crippen molar-refractivity contribution >= 4 is 36.8 Å². The molecule has 2 aliphatic carbocycles. The van der Waals surface area contributed by atoms with Gasteiger partial charge in [0.15, 0.2) is 0 Å². The number of ether oxygens (including phenoxy) is 2. The fourth-order valence-electron chi connectivity index (χ4n) is 5.66. The summed E-state index contributed by atoms with van der Waals surface area (Å²) in [7, 11) is 0. The van der Waals surface area contributed by atoms with Crippen molar-refractivity contribution in [2.24, 2.45) is 0 Å². The molecule has 0 heterocycles. The third kappa shape index (κ3) is 26.4. The van der Waals surface area contributed by atoms with Crippen LogP contribution in [0.1, 0.15) is 194 Å². The largest absolute Gasteiger partial charge is 0.462 e. The van der Waals surface area contributed by atoms with E-state index in [0.29, 0.717) is 12.8 Å². The molecule has 0 aliphatic heterocycles. The quantitative estimate of drug-likeness (QED) is 0.0905. The van der Waals surface area contributed by atoms with Gasteiger partial charge in [-0.2, -0.15) is 0 Å². The third-order valence-corrected chi connectivity index (χ3v) is 8.17. The molecule has 6 heteroatoms. The molecule has 0 aromatic carbocycles. The van der Waals surface area contributed by atoms with Crippen LogP contribution in [0.3, 0.4) is 0 Å². The maximum atomic E-state index is 11.6. The van der Waals surface area contributed by atoms with Gasteiger partial charge in [0.25, 0.3) is 0 Å². The average molecular weight is 610 g/mol. The topological polar surface area (TPSA) is 52.6 Å². The van der Waals surface area contributed by atoms with Crippen LogP contribution >= 0.6 is 24.8 Å². The number of hydrogen-bond acceptors (Lipinski definition) is 4. The van der Waals surface area contributed by atoms with E-state index in [1.807, 2.05) is 0 Å². The Morgan fingerprint density at radius 1 is 0.450 bits per heavy atom. The lowest BCUT2D eigenvalue weighted by molar-refractivity contribution is -0.149. The Hall–Kier alpha value is -0.480. The molecule has 2 rings (SSSR count). The zero-order valence-electron chi connectivity index (χ0n) is 26.4. The molecule has 2 aliphatic rings. The van der Waals surface area contributed by atoms with Gasteiger partial charge in [-0.1, -0.05) is 117 Å². The number of halogens is 2. The van der Waals surface area contributed by atoms with Gasteiger partial charge in [0.1, 0.15) is 12.2 Å². The van der Waals surface area contributed by atoms with Crippen LogP contribution in [0.2, 0.25) is 0 Å². The number of carbonyl (C=O) groups is 2. The van der Waals surface area contributed by atoms with E-state index in [9.17, 15) is 9.59 Å². The van der Waals surface area contributed by atoms with Crippen molar-refractivity contribution in [1.29, 1.82) is 0 Å². The van der Waals surface area contributed by atoms with Crippen molar-refractivity contribution in [2.45, 2.75) is 206 Å². The van der Waals surface area contributed by atoms with Gasteiger partial charge < -0.3 is 9.47 Å². The molecule has 4 nitrogen and oxygen atoms in total. The molecule has 0 radical (unpaired) electrons. The molecule has 40 heavy (non-hydrogen) atoms. The summed E-state index contributed by atoms with van der Waals surface area (Å²) in [5, 5.41) is 0. The molecule has 0 N–H and O–H groups in total. The summed E-state index contributed by atoms with van der Waals surface area (Å²) in [5.74, 6) is 0.0738. The van der Waals surface area contributed by atoms with Crippen LogP contribution in [-0.4, -0.2) is 24.1 Å². The van der Waals surface area contributed by atoms with Crippen molar-refractivity contribution in [1.82, 2.24) is 0 Å². The molecular weight excluding hydrogens is 543 g/mol. The standard InChI is InChI=1S/2C17H32O2.2ClH/c2*1-2-3-4-5-6-7-8-9-10-15-17(18)19-16-13-11-12-14-16;;/h2*16H,2-15H2,1H3;2*1H. The highest BCUT2D eigenvalue weighted by Gasteiger charge is 2.19. The van der Waals surface area contributed by atoms with E-state index in [1.165, 1.54) is 128 Å². The summed E-state index contributed by atoms with van der Waals surface area (Å²) < 4.78 is 10.9. The molecular formula is C34H66Cl2O4. The van der Waals surface area contributed by atoms with Crippen molar-refractivity contribution in [3.8, 4) is 0 Å². The van der Waals surface area contributed by atoms with Crippen LogP contribution in [0.4, 0.5) is 0 Å². The number of rotatable bonds is 22. The minimum absolute atomic E-state index is 0. The van der Waals surface area contributed by atoms with E-state index in [1.54, 1.807) is 0 Å². The summed E-state index contributed by atoms with van der Waals surface area (Å²) in [6, 6.07) is 0. The van der Waals surface area contributed by atoms with E-state index >= 15 is 0 Å². The lowest BCUT2D eigenvalue weighted by Gasteiger charge is -2.10. The first-order valence-electron chi connectivity index (χ1n) is 17.0. The molecule has 0 amide bonds. The Bertz CT molecular complexity index is 498. The highest BCUT2D eigenvalue weighted by molar-refractivity contribution is 5.85. The van der Waals surface area contributed by atoms with E-state index in [-0.39, 0.29) is 49.0 Å². The monoisotopic (exact) mass is 608 g/mol. The molecule has 0 saturated heterocycles. The van der Waals surface area contributed by atoms with Gasteiger partial charge in [-0.15, -0.1) is 24.8 Å². The Labute approximate surface area is 261 Å². The number of esters is 2. The second-order valence-electron chi connectivity index (χ2n) is 11.9. The van der Waals surface area contributed by atoms with Crippen molar-refractivity contribution in [2.75, 3.05) is 0 Å². The summed E-state index contributed by atoms with van der Waals surface area (Å²) in [6.07, 6.45) is 34.4. The summed E-state index contributed by atoms with van der Waals surface area (Å²) >= 11 is 0. The minimum Gasteiger partial charge on any atom is -0.462 e. The maximum absolute atomic E-state index is 11.6. The van der Waals surface area contributed by atoms with E-state index < -0.39 is 0 Å². The third-order valence-electron chi connectivity index (χ3n) is 8.17. The molecule has 0 bridgehead atoms. The fourth-order valence-corrected chi connectivity index (χ4v) is 5.66. The summed E-state index contributed by atoms with van der Waals surface area (Å²) in [5.41, 5.74) is 0. The van der Waals surface area contributed by atoms with Crippen LogP contribution in [0.5, 0.6) is 0 Å². The maximum Gasteiger partial charge on any atom is 0.306 e. The van der Waals surface area contributed by atoms with Crippen molar-refractivity contribution in [3.05, 3.63) is 0 Å². The Balaban J connectivity index is 0. The Morgan fingerprint density at radius 2 is 0.700 bits per heavy atom. The molecule has 0 aromatic heterocycles. The number of unbranched alkanes of at least 4 members (excludes halogenated alkanes) is 16. The van der Waals surface area contributed by atoms with E-state index in [2.05, 4.69) is 13.8 Å². The van der Waals surface area contributed by atoms with Gasteiger partial charge in [0, 0.05) is 12.8 Å². The highest BCUT2D eigenvalue weighted by Crippen LogP contribution is 2.22. The normalized spacial score (nSPS) is 15.1. The van der Waals surface area contributed by atoms with Gasteiger partial charge in [-0.3, -0.25) is 9.59 Å². The Kier molecular flexibility index (Phi) is 32.8. The van der Waals surface area contributed by atoms with Gasteiger partial charge >= 0.3 is 11.9 Å². The lowest BCUT2D eigenvalue weighted by atomic mass is 10.1. The summed E-state index contributed by atoms with van der Waals surface area (Å²) in [4.78, 5) is 23.2. The second-order valence-corrected chi connectivity index (χ2v) is 11.9. The van der Waals surface area contributed by atoms with E-state index in [0.717, 1.165) is 38.5 Å². The summed E-state index contributed by atoms with van der Waals surface area (Å²) in [6.45, 7) is 4.51. The Morgan fingerprint density at radius 3 is 0.975 bits per heavy atom. The fraction of sp³-hybridized carbons (Fsp3) is 0.941. The molecule has 2 fully saturated rings. The highest BCUT2D eigenvalue weighted by atomic mass is 35.5. The molecule has 240 valence electrons. The molecule has 0 aromatic rings. The zero-order valence-corrected chi connectivity index (χ0v) is 28.0. The first-order chi connectivity index (χ1) is 18.7. The lowest BCUT2D eigenvalue weighted by Crippen LogP contribution is -2.14. The van der Waals surface area contributed by atoms with Crippen LogP contribution in [0, 0.1) is 0 Å². The number of hydrogen-bond donors (Lipinski definition) is 0. The van der Waals surface area contributed by atoms with Crippen LogP contribution < -0.4 is 0 Å². The van der Waals surface area contributed by atoms with Crippen molar-refractivity contribution < 1.29 is 19.1 Å². The minimum atomic E-state index is 0. The van der Waals surface area contributed by atoms with Gasteiger partial charge in [-0.25, -0.2) is 0 Å². The molecule has 0 spiro atoms. The second kappa shape index (κ2) is 31.5. The van der Waals surface area contributed by atoms with Crippen LogP contribution in [0.15, 0.2) is 0 Å². The van der Waals surface area contributed by atoms with Gasteiger partial charge in [0.05, 0.1) is 0 Å². The van der Waals surface area contributed by atoms with Crippen LogP contribution in [0.25, 0.3) is 0 Å². The van der Waals surface area contributed by atoms with Crippen molar-refractivity contribution in [3.63, 3.8) is 0 Å². The van der Waals surface area contributed by atoms with Gasteiger partial charge in [-0.05, 0) is 64.2 Å².